The minimum atomic E-state index is -4.43. The van der Waals surface area contributed by atoms with Crippen LogP contribution in [0.4, 0.5) is 18.3 Å². The highest BCUT2D eigenvalue weighted by atomic mass is 32.1. The molecule has 2 fully saturated rings. The van der Waals surface area contributed by atoms with Gasteiger partial charge in [-0.15, -0.1) is 11.3 Å². The van der Waals surface area contributed by atoms with Crippen LogP contribution >= 0.6 is 11.3 Å². The summed E-state index contributed by atoms with van der Waals surface area (Å²) in [5, 5.41) is 2.93. The third-order valence-electron chi connectivity index (χ3n) is 6.09. The third-order valence-corrected chi connectivity index (χ3v) is 6.92. The Morgan fingerprint density at radius 1 is 0.938 bits per heavy atom. The number of nitrogens with zero attached hydrogens (tertiary/aromatic N) is 4. The molecule has 0 aliphatic carbocycles. The Kier molecular flexibility index (Phi) is 6.68. The van der Waals surface area contributed by atoms with Crippen LogP contribution in [0.2, 0.25) is 0 Å². The standard InChI is InChI=1S/C22H25F3N4O2S/c23-22(24,25)18-4-2-16(3-5-18)19(30)28-11-6-17(7-12-28)20(31)27-9-1-10-29(14-13-27)21-26-8-15-32-21/h2-5,8,15,17H,1,6-7,9-14H2. The highest BCUT2D eigenvalue weighted by Gasteiger charge is 2.33. The van der Waals surface area contributed by atoms with E-state index in [1.807, 2.05) is 10.3 Å². The van der Waals surface area contributed by atoms with E-state index in [0.29, 0.717) is 39.0 Å². The quantitative estimate of drug-likeness (QED) is 0.692. The average Bonchev–Trinajstić information content (AvgIpc) is 3.22. The number of rotatable bonds is 3. The molecule has 1 aromatic carbocycles. The lowest BCUT2D eigenvalue weighted by molar-refractivity contribution is -0.138. The van der Waals surface area contributed by atoms with Gasteiger partial charge in [-0.1, -0.05) is 0 Å². The predicted molar refractivity (Wildman–Crippen MR) is 116 cm³/mol. The molecule has 3 heterocycles. The number of anilines is 1. The van der Waals surface area contributed by atoms with Gasteiger partial charge < -0.3 is 14.7 Å². The van der Waals surface area contributed by atoms with Crippen molar-refractivity contribution < 1.29 is 22.8 Å². The number of aromatic nitrogens is 1. The van der Waals surface area contributed by atoms with Crippen molar-refractivity contribution in [3.8, 4) is 0 Å². The largest absolute Gasteiger partial charge is 0.416 e. The summed E-state index contributed by atoms with van der Waals surface area (Å²) in [5.41, 5.74) is -0.540. The lowest BCUT2D eigenvalue weighted by atomic mass is 9.94. The van der Waals surface area contributed by atoms with Crippen LogP contribution in [0.3, 0.4) is 0 Å². The average molecular weight is 467 g/mol. The number of thiazole rings is 1. The first-order valence-electron chi connectivity index (χ1n) is 10.7. The second-order valence-corrected chi connectivity index (χ2v) is 9.00. The van der Waals surface area contributed by atoms with Gasteiger partial charge in [0.05, 0.1) is 5.56 Å². The van der Waals surface area contributed by atoms with Crippen LogP contribution in [0.15, 0.2) is 35.8 Å². The molecule has 6 nitrogen and oxygen atoms in total. The summed E-state index contributed by atoms with van der Waals surface area (Å²) in [7, 11) is 0. The summed E-state index contributed by atoms with van der Waals surface area (Å²) in [6.07, 6.45) is -0.620. The van der Waals surface area contributed by atoms with Gasteiger partial charge in [0.15, 0.2) is 5.13 Å². The van der Waals surface area contributed by atoms with E-state index < -0.39 is 11.7 Å². The van der Waals surface area contributed by atoms with Gasteiger partial charge in [0.25, 0.3) is 5.91 Å². The Morgan fingerprint density at radius 3 is 2.28 bits per heavy atom. The fourth-order valence-corrected chi connectivity index (χ4v) is 4.97. The predicted octanol–water partition coefficient (Wildman–Crippen LogP) is 3.75. The highest BCUT2D eigenvalue weighted by Crippen LogP contribution is 2.30. The van der Waals surface area contributed by atoms with Crippen LogP contribution in [0.5, 0.6) is 0 Å². The van der Waals surface area contributed by atoms with Crippen molar-refractivity contribution >= 4 is 28.3 Å². The molecule has 0 atom stereocenters. The lowest BCUT2D eigenvalue weighted by Gasteiger charge is -2.34. The summed E-state index contributed by atoms with van der Waals surface area (Å²) in [6.45, 7) is 3.85. The molecule has 2 aromatic rings. The Labute approximate surface area is 188 Å². The molecule has 32 heavy (non-hydrogen) atoms. The number of amides is 2. The second-order valence-electron chi connectivity index (χ2n) is 8.12. The van der Waals surface area contributed by atoms with Crippen molar-refractivity contribution in [3.63, 3.8) is 0 Å². The highest BCUT2D eigenvalue weighted by molar-refractivity contribution is 7.13. The molecule has 1 aromatic heterocycles. The van der Waals surface area contributed by atoms with E-state index in [2.05, 4.69) is 9.88 Å². The van der Waals surface area contributed by atoms with Crippen molar-refractivity contribution in [2.75, 3.05) is 44.2 Å². The number of hydrogen-bond donors (Lipinski definition) is 0. The molecule has 2 aliphatic heterocycles. The maximum Gasteiger partial charge on any atom is 0.416 e. The number of halogens is 3. The van der Waals surface area contributed by atoms with Gasteiger partial charge in [-0.3, -0.25) is 9.59 Å². The molecule has 2 amide bonds. The number of hydrogen-bond acceptors (Lipinski definition) is 5. The Balaban J connectivity index is 1.29. The van der Waals surface area contributed by atoms with Gasteiger partial charge in [-0.2, -0.15) is 13.2 Å². The third kappa shape index (κ3) is 5.06. The topological polar surface area (TPSA) is 56.8 Å². The molecule has 2 aliphatic rings. The van der Waals surface area contributed by atoms with E-state index in [-0.39, 0.29) is 23.3 Å². The monoisotopic (exact) mass is 466 g/mol. The molecule has 2 saturated heterocycles. The molecule has 0 spiro atoms. The van der Waals surface area contributed by atoms with Gasteiger partial charge in [-0.25, -0.2) is 4.98 Å². The molecule has 172 valence electrons. The minimum absolute atomic E-state index is 0.127. The number of carbonyl (C=O) groups excluding carboxylic acids is 2. The van der Waals surface area contributed by atoms with Crippen LogP contribution in [0.25, 0.3) is 0 Å². The maximum atomic E-state index is 13.1. The smallest absolute Gasteiger partial charge is 0.346 e. The van der Waals surface area contributed by atoms with Crippen molar-refractivity contribution in [2.45, 2.75) is 25.4 Å². The summed E-state index contributed by atoms with van der Waals surface area (Å²) in [4.78, 5) is 35.8. The molecule has 4 rings (SSSR count). The van der Waals surface area contributed by atoms with Crippen molar-refractivity contribution in [3.05, 3.63) is 47.0 Å². The maximum absolute atomic E-state index is 13.1. The van der Waals surface area contributed by atoms with Gasteiger partial charge in [0, 0.05) is 62.3 Å². The van der Waals surface area contributed by atoms with Crippen LogP contribution in [0, 0.1) is 5.92 Å². The van der Waals surface area contributed by atoms with E-state index in [9.17, 15) is 22.8 Å². The van der Waals surface area contributed by atoms with Crippen LogP contribution in [0.1, 0.15) is 35.2 Å². The molecule has 10 heteroatoms. The molecule has 0 unspecified atom stereocenters. The first kappa shape index (κ1) is 22.6. The second kappa shape index (κ2) is 9.48. The van der Waals surface area contributed by atoms with E-state index in [0.717, 1.165) is 36.8 Å². The number of alkyl halides is 3. The van der Waals surface area contributed by atoms with Crippen molar-refractivity contribution in [1.29, 1.82) is 0 Å². The normalized spacial score (nSPS) is 18.5. The molecule has 0 radical (unpaired) electrons. The Hall–Kier alpha value is -2.62. The summed E-state index contributed by atoms with van der Waals surface area (Å²) in [5.74, 6) is -0.288. The van der Waals surface area contributed by atoms with Gasteiger partial charge in [0.1, 0.15) is 0 Å². The van der Waals surface area contributed by atoms with E-state index in [4.69, 9.17) is 0 Å². The Morgan fingerprint density at radius 2 is 1.66 bits per heavy atom. The first-order chi connectivity index (χ1) is 15.3. The molecule has 0 saturated carbocycles. The fourth-order valence-electron chi connectivity index (χ4n) is 4.27. The number of piperidine rings is 1. The molecular weight excluding hydrogens is 441 g/mol. The van der Waals surface area contributed by atoms with Crippen LogP contribution < -0.4 is 4.90 Å². The number of benzene rings is 1. The zero-order valence-corrected chi connectivity index (χ0v) is 18.4. The van der Waals surface area contributed by atoms with Gasteiger partial charge >= 0.3 is 6.18 Å². The van der Waals surface area contributed by atoms with Crippen LogP contribution in [-0.2, 0) is 11.0 Å². The van der Waals surface area contributed by atoms with Gasteiger partial charge in [-0.05, 0) is 43.5 Å². The van der Waals surface area contributed by atoms with Crippen molar-refractivity contribution in [2.24, 2.45) is 5.92 Å². The lowest BCUT2D eigenvalue weighted by Crippen LogP contribution is -2.45. The van der Waals surface area contributed by atoms with E-state index in [1.54, 1.807) is 22.4 Å². The number of likely N-dealkylation sites (tertiary alicyclic amines) is 1. The van der Waals surface area contributed by atoms with Crippen molar-refractivity contribution in [1.82, 2.24) is 14.8 Å². The molecular formula is C22H25F3N4O2S. The number of carbonyl (C=O) groups is 2. The van der Waals surface area contributed by atoms with E-state index in [1.165, 1.54) is 12.1 Å². The summed E-state index contributed by atoms with van der Waals surface area (Å²) in [6, 6.07) is 4.29. The van der Waals surface area contributed by atoms with Crippen LogP contribution in [-0.4, -0.2) is 65.9 Å². The molecule has 0 N–H and O–H groups in total. The Bertz CT molecular complexity index is 926. The zero-order valence-electron chi connectivity index (χ0n) is 17.6. The summed E-state index contributed by atoms with van der Waals surface area (Å²) < 4.78 is 38.2. The van der Waals surface area contributed by atoms with Gasteiger partial charge in [0.2, 0.25) is 5.91 Å². The minimum Gasteiger partial charge on any atom is -0.346 e. The van der Waals surface area contributed by atoms with E-state index >= 15 is 0 Å². The fraction of sp³-hybridized carbons (Fsp3) is 0.500. The SMILES string of the molecule is O=C(c1ccc(C(F)(F)F)cc1)N1CCC(C(=O)N2CCCN(c3nccs3)CC2)CC1. The summed E-state index contributed by atoms with van der Waals surface area (Å²) >= 11 is 1.60. The molecule has 0 bridgehead atoms. The zero-order chi connectivity index (χ0) is 22.7. The first-order valence-corrected chi connectivity index (χ1v) is 11.6.